The summed E-state index contributed by atoms with van der Waals surface area (Å²) in [4.78, 5) is 19.6. The molecular weight excluding hydrogens is 320 g/mol. The topological polar surface area (TPSA) is 89.9 Å². The average molecular weight is 338 g/mol. The van der Waals surface area contributed by atoms with E-state index in [-0.39, 0.29) is 5.91 Å². The van der Waals surface area contributed by atoms with Gasteiger partial charge in [-0.25, -0.2) is 4.98 Å². The van der Waals surface area contributed by atoms with Crippen molar-refractivity contribution in [2.75, 3.05) is 6.54 Å². The van der Waals surface area contributed by atoms with Crippen molar-refractivity contribution in [3.8, 4) is 0 Å². The Bertz CT molecular complexity index is 1000. The van der Waals surface area contributed by atoms with Gasteiger partial charge in [0.2, 0.25) is 0 Å². The third-order valence-corrected chi connectivity index (χ3v) is 5.09. The molecule has 0 unspecified atom stereocenters. The lowest BCUT2D eigenvalue weighted by molar-refractivity contribution is 0.0708. The third kappa shape index (κ3) is 2.24. The second-order valence-electron chi connectivity index (χ2n) is 6.86. The van der Waals surface area contributed by atoms with Crippen molar-refractivity contribution in [2.45, 2.75) is 45.7 Å². The number of pyridine rings is 1. The van der Waals surface area contributed by atoms with Gasteiger partial charge in [-0.15, -0.1) is 10.2 Å². The minimum atomic E-state index is -0.0208. The first-order valence-electron chi connectivity index (χ1n) is 8.56. The van der Waals surface area contributed by atoms with Crippen LogP contribution in [0, 0.1) is 13.8 Å². The zero-order valence-electron chi connectivity index (χ0n) is 14.2. The molecule has 0 N–H and O–H groups in total. The molecule has 3 aromatic rings. The molecule has 3 aromatic heterocycles. The second kappa shape index (κ2) is 5.11. The molecule has 0 aromatic carbocycles. The summed E-state index contributed by atoms with van der Waals surface area (Å²) in [7, 11) is 0. The maximum absolute atomic E-state index is 13.2. The summed E-state index contributed by atoms with van der Waals surface area (Å²) in [6.45, 7) is 5.59. The van der Waals surface area contributed by atoms with E-state index in [0.29, 0.717) is 42.5 Å². The van der Waals surface area contributed by atoms with Crippen LogP contribution in [0.4, 0.5) is 0 Å². The minimum Gasteiger partial charge on any atom is -0.336 e. The second-order valence-corrected chi connectivity index (χ2v) is 6.86. The van der Waals surface area contributed by atoms with Crippen molar-refractivity contribution in [3.05, 3.63) is 34.7 Å². The van der Waals surface area contributed by atoms with Gasteiger partial charge in [0.1, 0.15) is 5.82 Å². The molecule has 0 bridgehead atoms. The molecule has 0 spiro atoms. The number of rotatable bonds is 2. The van der Waals surface area contributed by atoms with Crippen molar-refractivity contribution in [2.24, 2.45) is 0 Å². The Balaban J connectivity index is 1.56. The summed E-state index contributed by atoms with van der Waals surface area (Å²) in [5.74, 6) is 2.13. The maximum atomic E-state index is 13.2. The molecule has 8 nitrogen and oxygen atoms in total. The normalized spacial score (nSPS) is 17.1. The fourth-order valence-electron chi connectivity index (χ4n) is 3.52. The molecule has 25 heavy (non-hydrogen) atoms. The van der Waals surface area contributed by atoms with Crippen molar-refractivity contribution in [1.29, 1.82) is 0 Å². The number of carbonyl (C=O) groups excluding carboxylic acids is 1. The van der Waals surface area contributed by atoms with Gasteiger partial charge in [0, 0.05) is 24.7 Å². The number of carbonyl (C=O) groups is 1. The predicted octanol–water partition coefficient (Wildman–Crippen LogP) is 1.96. The van der Waals surface area contributed by atoms with E-state index < -0.39 is 0 Å². The van der Waals surface area contributed by atoms with Crippen LogP contribution in [0.1, 0.15) is 52.2 Å². The smallest absolute Gasteiger partial charge is 0.259 e. The van der Waals surface area contributed by atoms with Gasteiger partial charge in [-0.3, -0.25) is 4.79 Å². The largest absolute Gasteiger partial charge is 0.336 e. The van der Waals surface area contributed by atoms with Gasteiger partial charge in [0.25, 0.3) is 11.6 Å². The number of hydrogen-bond acceptors (Lipinski definition) is 6. The highest BCUT2D eigenvalue weighted by Gasteiger charge is 2.31. The zero-order chi connectivity index (χ0) is 17.1. The highest BCUT2D eigenvalue weighted by atomic mass is 16.5. The summed E-state index contributed by atoms with van der Waals surface area (Å²) in [5, 5.41) is 13.0. The molecule has 0 radical (unpaired) electrons. The zero-order valence-corrected chi connectivity index (χ0v) is 14.2. The van der Waals surface area contributed by atoms with Crippen LogP contribution in [-0.4, -0.2) is 42.3 Å². The van der Waals surface area contributed by atoms with Crippen LogP contribution in [0.5, 0.6) is 0 Å². The fraction of sp³-hybridized carbons (Fsp3) is 0.471. The molecule has 1 saturated carbocycles. The SMILES string of the molecule is Cc1noc2nc(C3CC3)cc(C(=O)N3CCn4c(C)nnc4C3)c12. The number of aryl methyl sites for hydroxylation is 2. The lowest BCUT2D eigenvalue weighted by Gasteiger charge is -2.28. The number of aromatic nitrogens is 5. The van der Waals surface area contributed by atoms with Crippen LogP contribution in [0.2, 0.25) is 0 Å². The van der Waals surface area contributed by atoms with Gasteiger partial charge in [-0.2, -0.15) is 0 Å². The first kappa shape index (κ1) is 14.6. The van der Waals surface area contributed by atoms with Gasteiger partial charge >= 0.3 is 0 Å². The van der Waals surface area contributed by atoms with Crippen molar-refractivity contribution < 1.29 is 9.32 Å². The van der Waals surface area contributed by atoms with Gasteiger partial charge in [-0.1, -0.05) is 5.16 Å². The Hall–Kier alpha value is -2.77. The molecule has 4 heterocycles. The third-order valence-electron chi connectivity index (χ3n) is 5.09. The predicted molar refractivity (Wildman–Crippen MR) is 88.0 cm³/mol. The van der Waals surface area contributed by atoms with E-state index >= 15 is 0 Å². The Morgan fingerprint density at radius 3 is 2.88 bits per heavy atom. The first-order valence-corrected chi connectivity index (χ1v) is 8.56. The molecule has 0 saturated heterocycles. The summed E-state index contributed by atoms with van der Waals surface area (Å²) in [6.07, 6.45) is 2.23. The highest BCUT2D eigenvalue weighted by molar-refractivity contribution is 6.06. The molecule has 5 rings (SSSR count). The van der Waals surface area contributed by atoms with Gasteiger partial charge < -0.3 is 14.0 Å². The summed E-state index contributed by atoms with van der Waals surface area (Å²) in [5.41, 5.74) is 2.73. The Kier molecular flexibility index (Phi) is 2.98. The molecule has 1 amide bonds. The van der Waals surface area contributed by atoms with Crippen molar-refractivity contribution in [3.63, 3.8) is 0 Å². The molecule has 1 aliphatic heterocycles. The molecule has 128 valence electrons. The van der Waals surface area contributed by atoms with E-state index in [2.05, 4.69) is 24.9 Å². The Morgan fingerprint density at radius 2 is 2.08 bits per heavy atom. The lowest BCUT2D eigenvalue weighted by Crippen LogP contribution is -2.38. The molecule has 1 aliphatic carbocycles. The average Bonchev–Trinajstić information content (AvgIpc) is 3.33. The van der Waals surface area contributed by atoms with E-state index in [1.807, 2.05) is 24.8 Å². The van der Waals surface area contributed by atoms with E-state index in [9.17, 15) is 4.79 Å². The van der Waals surface area contributed by atoms with Crippen molar-refractivity contribution in [1.82, 2.24) is 29.8 Å². The quantitative estimate of drug-likeness (QED) is 0.709. The van der Waals surface area contributed by atoms with Crippen LogP contribution in [-0.2, 0) is 13.1 Å². The first-order chi connectivity index (χ1) is 12.1. The summed E-state index contributed by atoms with van der Waals surface area (Å²) < 4.78 is 7.41. The standard InChI is InChI=1S/C17H18N6O2/c1-9-15-12(7-13(11-3-4-11)18-16(15)25-21-9)17(24)22-5-6-23-10(2)19-20-14(23)8-22/h7,11H,3-6,8H2,1-2H3. The minimum absolute atomic E-state index is 0.0208. The fourth-order valence-corrected chi connectivity index (χ4v) is 3.52. The number of fused-ring (bicyclic) bond motifs is 2. The Labute approximate surface area is 143 Å². The van der Waals surface area contributed by atoms with E-state index in [0.717, 1.165) is 35.6 Å². The number of nitrogens with zero attached hydrogens (tertiary/aromatic N) is 6. The van der Waals surface area contributed by atoms with E-state index in [4.69, 9.17) is 4.52 Å². The van der Waals surface area contributed by atoms with Crippen molar-refractivity contribution >= 4 is 17.0 Å². The maximum Gasteiger partial charge on any atom is 0.259 e. The van der Waals surface area contributed by atoms with Crippen LogP contribution in [0.3, 0.4) is 0 Å². The molecule has 1 fully saturated rings. The molecule has 0 atom stereocenters. The van der Waals surface area contributed by atoms with Gasteiger partial charge in [-0.05, 0) is 32.8 Å². The van der Waals surface area contributed by atoms with Gasteiger partial charge in [0.15, 0.2) is 5.82 Å². The van der Waals surface area contributed by atoms with Crippen LogP contribution < -0.4 is 0 Å². The van der Waals surface area contributed by atoms with E-state index in [1.54, 1.807) is 0 Å². The Morgan fingerprint density at radius 1 is 1.24 bits per heavy atom. The van der Waals surface area contributed by atoms with Crippen LogP contribution >= 0.6 is 0 Å². The van der Waals surface area contributed by atoms with Crippen LogP contribution in [0.15, 0.2) is 10.6 Å². The number of hydrogen-bond donors (Lipinski definition) is 0. The molecule has 2 aliphatic rings. The molecule has 8 heteroatoms. The highest BCUT2D eigenvalue weighted by Crippen LogP contribution is 2.40. The number of amides is 1. The summed E-state index contributed by atoms with van der Waals surface area (Å²) >= 11 is 0. The monoisotopic (exact) mass is 338 g/mol. The van der Waals surface area contributed by atoms with E-state index in [1.165, 1.54) is 0 Å². The summed E-state index contributed by atoms with van der Waals surface area (Å²) in [6, 6.07) is 1.93. The molecular formula is C17H18N6O2. The van der Waals surface area contributed by atoms with Gasteiger partial charge in [0.05, 0.1) is 23.2 Å². The van der Waals surface area contributed by atoms with Crippen LogP contribution in [0.25, 0.3) is 11.1 Å². The lowest BCUT2D eigenvalue weighted by atomic mass is 10.1.